The lowest BCUT2D eigenvalue weighted by atomic mass is 9.54. The Bertz CT molecular complexity index is 1510. The van der Waals surface area contributed by atoms with Crippen LogP contribution in [0.25, 0.3) is 0 Å². The van der Waals surface area contributed by atoms with Crippen LogP contribution in [-0.4, -0.2) is 71.1 Å². The van der Waals surface area contributed by atoms with E-state index in [9.17, 15) is 24.3 Å². The van der Waals surface area contributed by atoms with Crippen molar-refractivity contribution >= 4 is 29.8 Å². The summed E-state index contributed by atoms with van der Waals surface area (Å²) in [7, 11) is 0. The fourth-order valence-electron chi connectivity index (χ4n) is 12.6. The molecule has 0 spiro atoms. The van der Waals surface area contributed by atoms with Gasteiger partial charge in [-0.15, -0.1) is 0 Å². The number of hydrogen-bond donors (Lipinski definition) is 1. The standard InChI is InChI=1S/C44H68O11/c1-12-41(9,35(46)47)22-43(11,37(49)54-39(4,5)6)23-42(10,38(50)55-44-17-25-13-26(18-44)15-27(14-25)19-44)21-40(7,8)36(48)53-33-29-16-28(32(33)52-24(2)3)30-20-51-34(45)31(29)30/h24-33H,12-23H2,1-11H3,(H,46,47). The first-order valence-electron chi connectivity index (χ1n) is 21.0. The number of hydrogen-bond acceptors (Lipinski definition) is 10. The van der Waals surface area contributed by atoms with E-state index in [-0.39, 0.29) is 67.5 Å². The van der Waals surface area contributed by atoms with Gasteiger partial charge in [0.15, 0.2) is 0 Å². The summed E-state index contributed by atoms with van der Waals surface area (Å²) in [4.78, 5) is 69.5. The SMILES string of the molecule is CCC(C)(CC(C)(CC(C)(CC(C)(C)C(=O)OC1C2CC(C3COC(=O)C32)C1OC(C)C)C(=O)OC12CC3CC(CC(C3)C1)C2)C(=O)OC(C)(C)C)C(=O)O. The van der Waals surface area contributed by atoms with Crippen LogP contribution in [0.4, 0.5) is 0 Å². The van der Waals surface area contributed by atoms with Crippen LogP contribution >= 0.6 is 0 Å². The predicted octanol–water partition coefficient (Wildman–Crippen LogP) is 7.69. The van der Waals surface area contributed by atoms with E-state index in [4.69, 9.17) is 23.7 Å². The number of carboxylic acid groups (broad SMARTS) is 1. The number of rotatable bonds is 15. The van der Waals surface area contributed by atoms with Gasteiger partial charge in [0.25, 0.3) is 0 Å². The van der Waals surface area contributed by atoms with Crippen molar-refractivity contribution in [3.05, 3.63) is 0 Å². The second-order valence-electron chi connectivity index (χ2n) is 21.6. The molecule has 0 aromatic carbocycles. The molecule has 11 heteroatoms. The summed E-state index contributed by atoms with van der Waals surface area (Å²) in [6, 6.07) is 0. The third-order valence-electron chi connectivity index (χ3n) is 14.5. The Morgan fingerprint density at radius 2 is 1.29 bits per heavy atom. The van der Waals surface area contributed by atoms with Crippen LogP contribution in [0.5, 0.6) is 0 Å². The zero-order valence-electron chi connectivity index (χ0n) is 35.3. The summed E-state index contributed by atoms with van der Waals surface area (Å²) in [6.45, 7) is 19.9. The summed E-state index contributed by atoms with van der Waals surface area (Å²) < 4.78 is 31.0. The summed E-state index contributed by atoms with van der Waals surface area (Å²) >= 11 is 0. The van der Waals surface area contributed by atoms with Crippen LogP contribution in [0, 0.1) is 63.1 Å². The number of esters is 4. The zero-order valence-corrected chi connectivity index (χ0v) is 35.3. The van der Waals surface area contributed by atoms with Gasteiger partial charge in [0.1, 0.15) is 17.3 Å². The van der Waals surface area contributed by atoms with Crippen molar-refractivity contribution in [1.29, 1.82) is 0 Å². The molecule has 0 amide bonds. The summed E-state index contributed by atoms with van der Waals surface area (Å²) in [5.74, 6) is -1.82. The Morgan fingerprint density at radius 1 is 0.745 bits per heavy atom. The molecule has 7 fully saturated rings. The van der Waals surface area contributed by atoms with Crippen LogP contribution in [0.2, 0.25) is 0 Å². The van der Waals surface area contributed by atoms with Crippen LogP contribution in [0.1, 0.15) is 147 Å². The topological polar surface area (TPSA) is 152 Å². The zero-order chi connectivity index (χ0) is 40.7. The Kier molecular flexibility index (Phi) is 10.9. The molecule has 55 heavy (non-hydrogen) atoms. The molecule has 7 rings (SSSR count). The highest BCUT2D eigenvalue weighted by molar-refractivity contribution is 5.84. The van der Waals surface area contributed by atoms with E-state index >= 15 is 4.79 Å². The van der Waals surface area contributed by atoms with Crippen molar-refractivity contribution in [1.82, 2.24) is 0 Å². The molecular weight excluding hydrogens is 704 g/mol. The molecule has 1 heterocycles. The summed E-state index contributed by atoms with van der Waals surface area (Å²) in [5, 5.41) is 10.4. The van der Waals surface area contributed by atoms with Crippen molar-refractivity contribution in [2.24, 2.45) is 63.1 Å². The van der Waals surface area contributed by atoms with Crippen molar-refractivity contribution in [2.45, 2.75) is 176 Å². The minimum Gasteiger partial charge on any atom is -0.481 e. The maximum Gasteiger partial charge on any atom is 0.312 e. The van der Waals surface area contributed by atoms with Crippen LogP contribution in [0.15, 0.2) is 0 Å². The molecule has 6 saturated carbocycles. The second-order valence-corrected chi connectivity index (χ2v) is 21.6. The number of carboxylic acids is 1. The van der Waals surface area contributed by atoms with Crippen LogP contribution in [-0.2, 0) is 47.7 Å². The van der Waals surface area contributed by atoms with Gasteiger partial charge >= 0.3 is 29.8 Å². The Hall–Kier alpha value is -2.69. The molecule has 9 atom stereocenters. The molecule has 6 bridgehead atoms. The highest BCUT2D eigenvalue weighted by Gasteiger charge is 2.66. The maximum atomic E-state index is 15.1. The number of carbonyl (C=O) groups excluding carboxylic acids is 4. The third kappa shape index (κ3) is 8.07. The lowest BCUT2D eigenvalue weighted by Crippen LogP contribution is -2.55. The van der Waals surface area contributed by atoms with Gasteiger partial charge in [0.2, 0.25) is 0 Å². The molecule has 11 nitrogen and oxygen atoms in total. The quantitative estimate of drug-likeness (QED) is 0.129. The van der Waals surface area contributed by atoms with Crippen molar-refractivity contribution in [3.63, 3.8) is 0 Å². The van der Waals surface area contributed by atoms with Gasteiger partial charge in [-0.3, -0.25) is 24.0 Å². The smallest absolute Gasteiger partial charge is 0.312 e. The highest BCUT2D eigenvalue weighted by Crippen LogP contribution is 2.60. The molecule has 1 aliphatic heterocycles. The second kappa shape index (κ2) is 14.3. The first-order valence-corrected chi connectivity index (χ1v) is 21.0. The van der Waals surface area contributed by atoms with Crippen molar-refractivity contribution < 1.29 is 52.8 Å². The van der Waals surface area contributed by atoms with E-state index in [1.54, 1.807) is 62.3 Å². The maximum absolute atomic E-state index is 15.1. The normalized spacial score (nSPS) is 36.7. The van der Waals surface area contributed by atoms with E-state index in [1.165, 1.54) is 0 Å². The van der Waals surface area contributed by atoms with E-state index in [1.807, 2.05) is 13.8 Å². The molecule has 1 N–H and O–H groups in total. The molecule has 310 valence electrons. The van der Waals surface area contributed by atoms with E-state index in [2.05, 4.69) is 0 Å². The third-order valence-corrected chi connectivity index (χ3v) is 14.5. The first kappa shape index (κ1) is 41.9. The number of carbonyl (C=O) groups is 5. The van der Waals surface area contributed by atoms with E-state index < -0.39 is 62.8 Å². The molecule has 1 saturated heterocycles. The molecule has 0 aromatic rings. The monoisotopic (exact) mass is 772 g/mol. The van der Waals surface area contributed by atoms with Gasteiger partial charge in [-0.05, 0) is 164 Å². The van der Waals surface area contributed by atoms with Crippen molar-refractivity contribution in [2.75, 3.05) is 6.61 Å². The number of fused-ring (bicyclic) bond motifs is 5. The molecule has 7 aliphatic rings. The van der Waals surface area contributed by atoms with Gasteiger partial charge in [-0.25, -0.2) is 0 Å². The highest BCUT2D eigenvalue weighted by atomic mass is 16.6. The van der Waals surface area contributed by atoms with E-state index in [0.29, 0.717) is 30.8 Å². The molecule has 0 aromatic heterocycles. The average molecular weight is 773 g/mol. The van der Waals surface area contributed by atoms with Crippen LogP contribution in [0.3, 0.4) is 0 Å². The van der Waals surface area contributed by atoms with Gasteiger partial charge < -0.3 is 28.8 Å². The lowest BCUT2D eigenvalue weighted by Gasteiger charge is -2.56. The molecule has 0 radical (unpaired) electrons. The van der Waals surface area contributed by atoms with Crippen LogP contribution < -0.4 is 0 Å². The van der Waals surface area contributed by atoms with Gasteiger partial charge in [0.05, 0.1) is 46.4 Å². The van der Waals surface area contributed by atoms with E-state index in [0.717, 1.165) is 38.5 Å². The minimum atomic E-state index is -1.44. The summed E-state index contributed by atoms with van der Waals surface area (Å²) in [5.41, 5.74) is -6.88. The number of aliphatic carboxylic acids is 1. The average Bonchev–Trinajstić information content (AvgIpc) is 3.70. The fraction of sp³-hybridized carbons (Fsp3) is 0.886. The molecular formula is C44H68O11. The Morgan fingerprint density at radius 3 is 1.80 bits per heavy atom. The minimum absolute atomic E-state index is 0.0249. The fourth-order valence-corrected chi connectivity index (χ4v) is 12.6. The molecule has 9 unspecified atom stereocenters. The van der Waals surface area contributed by atoms with Crippen molar-refractivity contribution in [3.8, 4) is 0 Å². The van der Waals surface area contributed by atoms with Gasteiger partial charge in [-0.1, -0.05) is 6.92 Å². The van der Waals surface area contributed by atoms with Gasteiger partial charge in [0, 0.05) is 11.8 Å². The Labute approximate surface area is 328 Å². The largest absolute Gasteiger partial charge is 0.481 e. The first-order chi connectivity index (χ1) is 25.3. The lowest BCUT2D eigenvalue weighted by molar-refractivity contribution is -0.203. The Balaban J connectivity index is 1.33. The summed E-state index contributed by atoms with van der Waals surface area (Å²) in [6.07, 6.45) is 5.55. The number of ether oxygens (including phenoxy) is 5. The number of cyclic esters (lactones) is 1. The predicted molar refractivity (Wildman–Crippen MR) is 202 cm³/mol. The van der Waals surface area contributed by atoms with Gasteiger partial charge in [-0.2, -0.15) is 0 Å². The molecule has 6 aliphatic carbocycles.